The van der Waals surface area contributed by atoms with Gasteiger partial charge in [0.15, 0.2) is 9.58 Å². The van der Waals surface area contributed by atoms with E-state index < -0.39 is 23.2 Å². The molecule has 0 bridgehead atoms. The Balaban J connectivity index is 0.000000309. The van der Waals surface area contributed by atoms with Crippen molar-refractivity contribution in [3.8, 4) is 0 Å². The molecule has 9 heteroatoms. The molecule has 22 heavy (non-hydrogen) atoms. The highest BCUT2D eigenvalue weighted by molar-refractivity contribution is 7.38. The van der Waals surface area contributed by atoms with Gasteiger partial charge in [0.1, 0.15) is 0 Å². The van der Waals surface area contributed by atoms with Crippen LogP contribution in [0.15, 0.2) is 24.3 Å². The van der Waals surface area contributed by atoms with Gasteiger partial charge < -0.3 is 17.3 Å². The van der Waals surface area contributed by atoms with Gasteiger partial charge in [-0.1, -0.05) is 6.07 Å². The van der Waals surface area contributed by atoms with Crippen molar-refractivity contribution in [3.63, 3.8) is 0 Å². The van der Waals surface area contributed by atoms with Gasteiger partial charge in [-0.15, -0.1) is 13.2 Å². The molecule has 0 radical (unpaired) electrons. The van der Waals surface area contributed by atoms with Crippen LogP contribution in [0, 0.1) is 6.92 Å². The van der Waals surface area contributed by atoms with Crippen LogP contribution >= 0.6 is 10.5 Å². The number of alkyl halides is 3. The number of aryl methyl sites for hydroxylation is 1. The van der Waals surface area contributed by atoms with Gasteiger partial charge in [-0.25, -0.2) is 0 Å². The van der Waals surface area contributed by atoms with E-state index in [-0.39, 0.29) is 5.92 Å². The Morgan fingerprint density at radius 3 is 2.05 bits per heavy atom. The molecule has 0 amide bonds. The molecule has 0 aliphatic heterocycles. The standard InChI is InChI=1S/C13H12F3S.BF4/c1-8-2-3-10-7-12(9-4-5-9)17(11(10)6-8)13(14,15)16;2-1(3,4)5/h2-3,6-7,9H,4-5H2,1H3;/q+1;-1. The fourth-order valence-corrected chi connectivity index (χ4v) is 4.44. The molecular formula is C13H12BF7S. The highest BCUT2D eigenvalue weighted by Crippen LogP contribution is 2.57. The topological polar surface area (TPSA) is 0 Å². The first kappa shape index (κ1) is 17.1. The van der Waals surface area contributed by atoms with Gasteiger partial charge in [-0.05, 0) is 31.4 Å². The van der Waals surface area contributed by atoms with Gasteiger partial charge >= 0.3 is 12.8 Å². The fourth-order valence-electron chi connectivity index (χ4n) is 2.19. The summed E-state index contributed by atoms with van der Waals surface area (Å²) in [5.41, 5.74) is -3.23. The number of fused-ring (bicyclic) bond motifs is 1. The Morgan fingerprint density at radius 2 is 1.59 bits per heavy atom. The zero-order valence-corrected chi connectivity index (χ0v) is 12.2. The fraction of sp³-hybridized carbons (Fsp3) is 0.385. The lowest BCUT2D eigenvalue weighted by Gasteiger charge is -1.99. The lowest BCUT2D eigenvalue weighted by atomic mass is 10.2. The molecule has 0 N–H and O–H groups in total. The average Bonchev–Trinajstić information content (AvgIpc) is 3.06. The Labute approximate surface area is 125 Å². The van der Waals surface area contributed by atoms with Crippen LogP contribution in [0.25, 0.3) is 10.1 Å². The summed E-state index contributed by atoms with van der Waals surface area (Å²) < 4.78 is 79.0. The van der Waals surface area contributed by atoms with Crippen LogP contribution in [0.4, 0.5) is 30.4 Å². The predicted molar refractivity (Wildman–Crippen MR) is 74.6 cm³/mol. The minimum Gasteiger partial charge on any atom is -0.418 e. The van der Waals surface area contributed by atoms with E-state index in [0.717, 1.165) is 23.8 Å². The van der Waals surface area contributed by atoms with E-state index in [2.05, 4.69) is 0 Å². The minimum atomic E-state index is -6.00. The number of benzene rings is 1. The zero-order valence-electron chi connectivity index (χ0n) is 11.4. The zero-order chi connectivity index (χ0) is 16.7. The first-order chi connectivity index (χ1) is 9.97. The summed E-state index contributed by atoms with van der Waals surface area (Å²) in [7, 11) is -7.67. The molecule has 1 aliphatic rings. The van der Waals surface area contributed by atoms with Gasteiger partial charge in [0, 0.05) is 23.4 Å². The molecule has 0 nitrogen and oxygen atoms in total. The maximum atomic E-state index is 13.2. The third-order valence-electron chi connectivity index (χ3n) is 3.13. The van der Waals surface area contributed by atoms with Crippen molar-refractivity contribution in [2.24, 2.45) is 0 Å². The Kier molecular flexibility index (Phi) is 4.48. The van der Waals surface area contributed by atoms with Crippen LogP contribution < -0.4 is 0 Å². The molecule has 1 unspecified atom stereocenters. The SMILES string of the molecule is Cc1ccc2cc(C3CC3)[s+](C(F)(F)F)c2c1.F[B-](F)(F)F. The van der Waals surface area contributed by atoms with E-state index in [4.69, 9.17) is 0 Å². The van der Waals surface area contributed by atoms with E-state index in [9.17, 15) is 30.4 Å². The van der Waals surface area contributed by atoms with Gasteiger partial charge in [0.25, 0.3) is 0 Å². The van der Waals surface area contributed by atoms with Gasteiger partial charge in [-0.2, -0.15) is 0 Å². The first-order valence-electron chi connectivity index (χ1n) is 6.47. The average molecular weight is 344 g/mol. The quantitative estimate of drug-likeness (QED) is 0.313. The van der Waals surface area contributed by atoms with Crippen molar-refractivity contribution >= 4 is 27.8 Å². The first-order valence-corrected chi connectivity index (χ1v) is 7.70. The van der Waals surface area contributed by atoms with Gasteiger partial charge in [0.2, 0.25) is 0 Å². The van der Waals surface area contributed by atoms with Gasteiger partial charge in [-0.3, -0.25) is 0 Å². The maximum Gasteiger partial charge on any atom is 0.673 e. The maximum absolute atomic E-state index is 13.2. The number of thiophene rings is 1. The Hall–Kier alpha value is -1.25. The lowest BCUT2D eigenvalue weighted by molar-refractivity contribution is -0.0867. The molecule has 1 atom stereocenters. The van der Waals surface area contributed by atoms with Crippen LogP contribution in [0.5, 0.6) is 0 Å². The van der Waals surface area contributed by atoms with E-state index >= 15 is 0 Å². The molecule has 1 aromatic heterocycles. The highest BCUT2D eigenvalue weighted by Gasteiger charge is 2.51. The van der Waals surface area contributed by atoms with Crippen LogP contribution in [0.1, 0.15) is 29.2 Å². The molecule has 122 valence electrons. The molecule has 1 aromatic carbocycles. The molecule has 0 spiro atoms. The van der Waals surface area contributed by atoms with Crippen LogP contribution in [0.3, 0.4) is 0 Å². The van der Waals surface area contributed by atoms with E-state index in [1.165, 1.54) is 0 Å². The van der Waals surface area contributed by atoms with Crippen LogP contribution in [-0.4, -0.2) is 7.25 Å². The van der Waals surface area contributed by atoms with Crippen LogP contribution in [-0.2, 0) is 5.51 Å². The molecule has 3 rings (SSSR count). The van der Waals surface area contributed by atoms with Crippen LogP contribution in [0.2, 0.25) is 0 Å². The van der Waals surface area contributed by atoms with Crippen molar-refractivity contribution in [2.75, 3.05) is 0 Å². The van der Waals surface area contributed by atoms with Crippen molar-refractivity contribution in [2.45, 2.75) is 31.2 Å². The number of rotatable bonds is 1. The summed E-state index contributed by atoms with van der Waals surface area (Å²) in [6.07, 6.45) is 1.83. The third-order valence-corrected chi connectivity index (χ3v) is 5.31. The molecule has 2 aromatic rings. The monoisotopic (exact) mass is 344 g/mol. The van der Waals surface area contributed by atoms with E-state index in [1.54, 1.807) is 12.1 Å². The number of hydrogen-bond acceptors (Lipinski definition) is 0. The smallest absolute Gasteiger partial charge is 0.418 e. The summed E-state index contributed by atoms with van der Waals surface area (Å²) in [5, 5.41) is 0.762. The van der Waals surface area contributed by atoms with Gasteiger partial charge in [0.05, 0.1) is 10.5 Å². The summed E-state index contributed by atoms with van der Waals surface area (Å²) in [4.78, 5) is 0.609. The summed E-state index contributed by atoms with van der Waals surface area (Å²) >= 11 is 0. The third kappa shape index (κ3) is 4.38. The van der Waals surface area contributed by atoms with E-state index in [1.807, 2.05) is 19.1 Å². The summed E-state index contributed by atoms with van der Waals surface area (Å²) in [6, 6.07) is 7.15. The number of halogens is 7. The molecule has 1 fully saturated rings. The second kappa shape index (κ2) is 5.75. The second-order valence-electron chi connectivity index (χ2n) is 5.11. The molecular weight excluding hydrogens is 332 g/mol. The minimum absolute atomic E-state index is 0.174. The molecule has 1 heterocycles. The summed E-state index contributed by atoms with van der Waals surface area (Å²) in [6.45, 7) is 1.84. The Bertz CT molecular complexity index is 661. The molecule has 1 saturated carbocycles. The number of hydrogen-bond donors (Lipinski definition) is 0. The summed E-state index contributed by atoms with van der Waals surface area (Å²) in [5.74, 6) is 0.174. The normalized spacial score (nSPS) is 16.5. The van der Waals surface area contributed by atoms with Crippen molar-refractivity contribution in [1.82, 2.24) is 0 Å². The van der Waals surface area contributed by atoms with Crippen molar-refractivity contribution in [3.05, 3.63) is 34.7 Å². The highest BCUT2D eigenvalue weighted by atomic mass is 32.2. The molecule has 0 saturated heterocycles. The molecule has 1 aliphatic carbocycles. The predicted octanol–water partition coefficient (Wildman–Crippen LogP) is 6.55. The Morgan fingerprint density at radius 1 is 1.05 bits per heavy atom. The van der Waals surface area contributed by atoms with Crippen molar-refractivity contribution in [1.29, 1.82) is 0 Å². The largest absolute Gasteiger partial charge is 0.673 e. The van der Waals surface area contributed by atoms with E-state index in [0.29, 0.717) is 9.58 Å². The lowest BCUT2D eigenvalue weighted by Crippen LogP contribution is -2.02. The van der Waals surface area contributed by atoms with Crippen molar-refractivity contribution < 1.29 is 30.4 Å². The second-order valence-corrected chi connectivity index (χ2v) is 7.10.